The summed E-state index contributed by atoms with van der Waals surface area (Å²) in [6.45, 7) is 4.18. The fourth-order valence-electron chi connectivity index (χ4n) is 2.08. The number of aliphatic hydroxyl groups is 1. The smallest absolute Gasteiger partial charge is 0.321 e. The number of hydrogen-bond donors (Lipinski definition) is 3. The lowest BCUT2D eigenvalue weighted by Crippen LogP contribution is -2.45. The molecule has 1 rings (SSSR count). The quantitative estimate of drug-likeness (QED) is 0.549. The third-order valence-electron chi connectivity index (χ3n) is 3.20. The van der Waals surface area contributed by atoms with Gasteiger partial charge in [-0.15, -0.1) is 0 Å². The van der Waals surface area contributed by atoms with Gasteiger partial charge >= 0.3 is 6.03 Å². The zero-order valence-corrected chi connectivity index (χ0v) is 11.5. The van der Waals surface area contributed by atoms with Crippen LogP contribution in [0.2, 0.25) is 0 Å². The van der Waals surface area contributed by atoms with Crippen LogP contribution in [0, 0.1) is 5.92 Å². The molecular weight excluding hydrogens is 250 g/mol. The second-order valence-corrected chi connectivity index (χ2v) is 4.82. The molecule has 7 heteroatoms. The molecule has 0 aromatic heterocycles. The van der Waals surface area contributed by atoms with Gasteiger partial charge in [-0.2, -0.15) is 0 Å². The number of methoxy groups -OCH3 is 1. The first-order valence-electron chi connectivity index (χ1n) is 6.50. The van der Waals surface area contributed by atoms with Gasteiger partial charge in [-0.25, -0.2) is 4.79 Å². The van der Waals surface area contributed by atoms with Crippen LogP contribution < -0.4 is 10.6 Å². The van der Waals surface area contributed by atoms with E-state index in [0.717, 1.165) is 13.0 Å². The molecule has 110 valence electrons. The van der Waals surface area contributed by atoms with Crippen LogP contribution in [-0.2, 0) is 9.53 Å². The van der Waals surface area contributed by atoms with E-state index in [2.05, 4.69) is 10.6 Å². The van der Waals surface area contributed by atoms with E-state index in [-0.39, 0.29) is 24.5 Å². The minimum absolute atomic E-state index is 0.181. The zero-order chi connectivity index (χ0) is 14.3. The van der Waals surface area contributed by atoms with Crippen LogP contribution in [0.25, 0.3) is 0 Å². The molecule has 0 bridgehead atoms. The van der Waals surface area contributed by atoms with Gasteiger partial charge in [0.1, 0.15) is 0 Å². The van der Waals surface area contributed by atoms with Crippen molar-refractivity contribution >= 4 is 11.9 Å². The fraction of sp³-hybridized carbons (Fsp3) is 0.833. The van der Waals surface area contributed by atoms with Crippen molar-refractivity contribution in [2.45, 2.75) is 19.4 Å². The highest BCUT2D eigenvalue weighted by atomic mass is 16.5. The van der Waals surface area contributed by atoms with E-state index in [0.29, 0.717) is 19.7 Å². The molecule has 1 aliphatic heterocycles. The number of rotatable bonds is 6. The second kappa shape index (κ2) is 8.08. The first kappa shape index (κ1) is 15.9. The Morgan fingerprint density at radius 2 is 2.26 bits per heavy atom. The van der Waals surface area contributed by atoms with Crippen molar-refractivity contribution in [3.8, 4) is 0 Å². The molecule has 19 heavy (non-hydrogen) atoms. The van der Waals surface area contributed by atoms with E-state index in [1.807, 2.05) is 4.90 Å². The summed E-state index contributed by atoms with van der Waals surface area (Å²) in [5, 5.41) is 14.2. The second-order valence-electron chi connectivity index (χ2n) is 4.82. The monoisotopic (exact) mass is 273 g/mol. The predicted molar refractivity (Wildman–Crippen MR) is 69.6 cm³/mol. The van der Waals surface area contributed by atoms with Gasteiger partial charge in [-0.1, -0.05) is 0 Å². The summed E-state index contributed by atoms with van der Waals surface area (Å²) >= 11 is 0. The molecule has 7 nitrogen and oxygen atoms in total. The van der Waals surface area contributed by atoms with E-state index < -0.39 is 6.03 Å². The molecule has 3 amide bonds. The van der Waals surface area contributed by atoms with Crippen molar-refractivity contribution in [2.24, 2.45) is 5.92 Å². The Kier molecular flexibility index (Phi) is 6.75. The standard InChI is InChI=1S/C12H23N3O4/c1-9(16)10-3-5-15(7-10)8-11(17)14-12(18)13-4-6-19-2/h9-10,16H,3-8H2,1-2H3,(H2,13,14,17,18). The summed E-state index contributed by atoms with van der Waals surface area (Å²) in [6, 6.07) is -0.506. The number of ether oxygens (including phenoxy) is 1. The van der Waals surface area contributed by atoms with E-state index in [1.165, 1.54) is 7.11 Å². The first-order chi connectivity index (χ1) is 9.02. The number of amides is 3. The van der Waals surface area contributed by atoms with Gasteiger partial charge in [0.15, 0.2) is 0 Å². The van der Waals surface area contributed by atoms with E-state index in [1.54, 1.807) is 6.92 Å². The fourth-order valence-corrected chi connectivity index (χ4v) is 2.08. The number of likely N-dealkylation sites (tertiary alicyclic amines) is 1. The van der Waals surface area contributed by atoms with Crippen molar-refractivity contribution in [2.75, 3.05) is 39.9 Å². The first-order valence-corrected chi connectivity index (χ1v) is 6.50. The van der Waals surface area contributed by atoms with Crippen molar-refractivity contribution in [1.82, 2.24) is 15.5 Å². The van der Waals surface area contributed by atoms with Crippen molar-refractivity contribution in [3.05, 3.63) is 0 Å². The summed E-state index contributed by atoms with van der Waals surface area (Å²) in [4.78, 5) is 24.9. The van der Waals surface area contributed by atoms with E-state index >= 15 is 0 Å². The number of urea groups is 1. The number of nitrogens with zero attached hydrogens (tertiary/aromatic N) is 1. The van der Waals surface area contributed by atoms with Gasteiger partial charge in [0.2, 0.25) is 5.91 Å². The average Bonchev–Trinajstić information content (AvgIpc) is 2.77. The number of aliphatic hydroxyl groups excluding tert-OH is 1. The maximum atomic E-state index is 11.6. The minimum Gasteiger partial charge on any atom is -0.393 e. The maximum Gasteiger partial charge on any atom is 0.321 e. The lowest BCUT2D eigenvalue weighted by atomic mass is 10.0. The van der Waals surface area contributed by atoms with Crippen LogP contribution in [0.4, 0.5) is 4.79 Å². The Morgan fingerprint density at radius 3 is 2.84 bits per heavy atom. The van der Waals surface area contributed by atoms with Crippen LogP contribution in [0.3, 0.4) is 0 Å². The van der Waals surface area contributed by atoms with E-state index in [9.17, 15) is 14.7 Å². The number of hydrogen-bond acceptors (Lipinski definition) is 5. The highest BCUT2D eigenvalue weighted by Crippen LogP contribution is 2.18. The van der Waals surface area contributed by atoms with Crippen LogP contribution in [0.1, 0.15) is 13.3 Å². The molecule has 1 fully saturated rings. The lowest BCUT2D eigenvalue weighted by molar-refractivity contribution is -0.121. The Labute approximate surface area is 113 Å². The van der Waals surface area contributed by atoms with Gasteiger partial charge in [0, 0.05) is 20.2 Å². The van der Waals surface area contributed by atoms with Gasteiger partial charge in [0.05, 0.1) is 19.3 Å². The zero-order valence-electron chi connectivity index (χ0n) is 11.5. The molecule has 2 unspecified atom stereocenters. The summed E-state index contributed by atoms with van der Waals surface area (Å²) < 4.78 is 4.78. The van der Waals surface area contributed by atoms with Crippen molar-refractivity contribution in [1.29, 1.82) is 0 Å². The van der Waals surface area contributed by atoms with Crippen LogP contribution in [-0.4, -0.2) is 67.9 Å². The summed E-state index contributed by atoms with van der Waals surface area (Å²) in [6.07, 6.45) is 0.524. The van der Waals surface area contributed by atoms with Crippen LogP contribution >= 0.6 is 0 Å². The minimum atomic E-state index is -0.506. The van der Waals surface area contributed by atoms with Crippen LogP contribution in [0.15, 0.2) is 0 Å². The molecule has 2 atom stereocenters. The Morgan fingerprint density at radius 1 is 1.53 bits per heavy atom. The van der Waals surface area contributed by atoms with Gasteiger partial charge in [0.25, 0.3) is 0 Å². The predicted octanol–water partition coefficient (Wildman–Crippen LogP) is -0.839. The third-order valence-corrected chi connectivity index (χ3v) is 3.20. The largest absolute Gasteiger partial charge is 0.393 e. The molecule has 0 aliphatic carbocycles. The Bertz CT molecular complexity index is 309. The topological polar surface area (TPSA) is 90.9 Å². The molecular formula is C12H23N3O4. The maximum absolute atomic E-state index is 11.6. The SMILES string of the molecule is COCCNC(=O)NC(=O)CN1CCC(C(C)O)C1. The molecule has 1 saturated heterocycles. The van der Waals surface area contributed by atoms with Crippen LogP contribution in [0.5, 0.6) is 0 Å². The molecule has 0 saturated carbocycles. The highest BCUT2D eigenvalue weighted by Gasteiger charge is 2.27. The summed E-state index contributed by atoms with van der Waals surface area (Å²) in [5.41, 5.74) is 0. The Hall–Kier alpha value is -1.18. The molecule has 1 aliphatic rings. The molecule has 0 aromatic rings. The number of carbonyl (C=O) groups excluding carboxylic acids is 2. The molecule has 0 radical (unpaired) electrons. The average molecular weight is 273 g/mol. The van der Waals surface area contributed by atoms with E-state index in [4.69, 9.17) is 4.74 Å². The lowest BCUT2D eigenvalue weighted by Gasteiger charge is -2.16. The molecule has 1 heterocycles. The number of carbonyl (C=O) groups is 2. The normalized spacial score (nSPS) is 21.1. The third kappa shape index (κ3) is 6.00. The summed E-state index contributed by atoms with van der Waals surface area (Å²) in [7, 11) is 1.54. The number of nitrogens with one attached hydrogen (secondary N) is 2. The van der Waals surface area contributed by atoms with Gasteiger partial charge in [-0.05, 0) is 25.8 Å². The van der Waals surface area contributed by atoms with Crippen molar-refractivity contribution < 1.29 is 19.4 Å². The molecule has 0 aromatic carbocycles. The summed E-state index contributed by atoms with van der Waals surface area (Å²) in [5.74, 6) is -0.121. The van der Waals surface area contributed by atoms with Gasteiger partial charge < -0.3 is 15.2 Å². The molecule has 0 spiro atoms. The van der Waals surface area contributed by atoms with Gasteiger partial charge in [-0.3, -0.25) is 15.0 Å². The highest BCUT2D eigenvalue weighted by molar-refractivity contribution is 5.95. The number of imide groups is 1. The van der Waals surface area contributed by atoms with Crippen molar-refractivity contribution in [3.63, 3.8) is 0 Å². The Balaban J connectivity index is 2.19. The molecule has 3 N–H and O–H groups in total.